The summed E-state index contributed by atoms with van der Waals surface area (Å²) in [5.41, 5.74) is 1.49. The van der Waals surface area contributed by atoms with Crippen molar-refractivity contribution in [2.75, 3.05) is 17.9 Å². The van der Waals surface area contributed by atoms with Gasteiger partial charge in [-0.15, -0.1) is 11.8 Å². The van der Waals surface area contributed by atoms with Crippen LogP contribution in [0.15, 0.2) is 22.7 Å². The number of carbonyl (C=O) groups is 2. The fraction of sp³-hybridized carbons (Fsp3) is 0.389. The fourth-order valence-corrected chi connectivity index (χ4v) is 3.43. The summed E-state index contributed by atoms with van der Waals surface area (Å²) in [5.74, 6) is 0.877. The normalized spacial score (nSPS) is 14.0. The third-order valence-corrected chi connectivity index (χ3v) is 5.17. The zero-order valence-electron chi connectivity index (χ0n) is 15.3. The van der Waals surface area contributed by atoms with Crippen molar-refractivity contribution < 1.29 is 28.3 Å². The first-order chi connectivity index (χ1) is 13.4. The highest BCUT2D eigenvalue weighted by molar-refractivity contribution is 8.01. The van der Waals surface area contributed by atoms with Crippen LogP contribution in [-0.4, -0.2) is 34.8 Å². The third-order valence-electron chi connectivity index (χ3n) is 3.84. The van der Waals surface area contributed by atoms with Gasteiger partial charge in [-0.05, 0) is 26.0 Å². The van der Waals surface area contributed by atoms with Crippen molar-refractivity contribution >= 4 is 41.1 Å². The number of carbonyl (C=O) groups excluding carboxylic acids is 2. The van der Waals surface area contributed by atoms with Crippen molar-refractivity contribution in [1.29, 1.82) is 0 Å². The number of aryl methyl sites for hydroxylation is 1. The van der Waals surface area contributed by atoms with Gasteiger partial charge in [-0.3, -0.25) is 9.59 Å². The maximum absolute atomic E-state index is 12.1. The number of fused-ring (bicyclic) bond motifs is 1. The molecule has 1 aliphatic heterocycles. The van der Waals surface area contributed by atoms with E-state index in [4.69, 9.17) is 30.3 Å². The molecule has 2 aromatic rings. The molecule has 2 heterocycles. The Kier molecular flexibility index (Phi) is 6.82. The molecule has 0 radical (unpaired) electrons. The van der Waals surface area contributed by atoms with Crippen molar-refractivity contribution in [2.24, 2.45) is 0 Å². The van der Waals surface area contributed by atoms with Crippen LogP contribution in [0.5, 0.6) is 5.75 Å². The van der Waals surface area contributed by atoms with Crippen LogP contribution in [0.1, 0.15) is 23.8 Å². The predicted octanol–water partition coefficient (Wildman–Crippen LogP) is 3.31. The Labute approximate surface area is 170 Å². The predicted molar refractivity (Wildman–Crippen MR) is 103 cm³/mol. The fourth-order valence-electron chi connectivity index (χ4n) is 2.49. The first kappa shape index (κ1) is 20.5. The van der Waals surface area contributed by atoms with Crippen LogP contribution < -0.4 is 10.1 Å². The van der Waals surface area contributed by atoms with Gasteiger partial charge in [0, 0.05) is 22.2 Å². The molecule has 0 fully saturated rings. The first-order valence-electron chi connectivity index (χ1n) is 8.45. The van der Waals surface area contributed by atoms with Crippen molar-refractivity contribution in [3.8, 4) is 5.75 Å². The lowest BCUT2D eigenvalue weighted by Crippen LogP contribution is -2.24. The van der Waals surface area contributed by atoms with E-state index in [0.717, 1.165) is 17.3 Å². The van der Waals surface area contributed by atoms with E-state index in [0.29, 0.717) is 34.5 Å². The number of hydrogen-bond acceptors (Lipinski definition) is 8. The second-order valence-corrected chi connectivity index (χ2v) is 7.86. The molecule has 1 aromatic carbocycles. The summed E-state index contributed by atoms with van der Waals surface area (Å²) in [5, 5.41) is 6.37. The number of nitrogens with one attached hydrogen (secondary N) is 1. The van der Waals surface area contributed by atoms with Crippen LogP contribution in [0.3, 0.4) is 0 Å². The highest BCUT2D eigenvalue weighted by atomic mass is 35.5. The third kappa shape index (κ3) is 5.40. The van der Waals surface area contributed by atoms with Crippen molar-refractivity contribution in [1.82, 2.24) is 5.16 Å². The smallest absolute Gasteiger partial charge is 0.316 e. The molecular formula is C18H19ClN2O6S. The molecule has 0 bridgehead atoms. The number of esters is 1. The Morgan fingerprint density at radius 2 is 2.21 bits per heavy atom. The minimum absolute atomic E-state index is 0.0269. The number of halogens is 1. The molecule has 1 amide bonds. The number of rotatable bonds is 7. The number of ether oxygens (including phenoxy) is 3. The lowest BCUT2D eigenvalue weighted by Gasteiger charge is -2.21. The topological polar surface area (TPSA) is 99.9 Å². The maximum atomic E-state index is 12.1. The number of anilines is 1. The molecule has 0 saturated heterocycles. The zero-order chi connectivity index (χ0) is 20.1. The molecule has 28 heavy (non-hydrogen) atoms. The van der Waals surface area contributed by atoms with Gasteiger partial charge in [0.05, 0.1) is 17.6 Å². The van der Waals surface area contributed by atoms with Crippen molar-refractivity contribution in [3.63, 3.8) is 0 Å². The second kappa shape index (κ2) is 9.31. The largest absolute Gasteiger partial charge is 0.467 e. The molecule has 8 nitrogen and oxygen atoms in total. The Bertz CT molecular complexity index is 872. The van der Waals surface area contributed by atoms with Gasteiger partial charge in [0.15, 0.2) is 12.6 Å². The van der Waals surface area contributed by atoms with E-state index in [1.54, 1.807) is 32.0 Å². The number of thioether (sulfide) groups is 1. The number of benzene rings is 1. The molecule has 1 unspecified atom stereocenters. The molecule has 1 aliphatic rings. The van der Waals surface area contributed by atoms with E-state index in [9.17, 15) is 9.59 Å². The lowest BCUT2D eigenvalue weighted by molar-refractivity contribution is -0.141. The highest BCUT2D eigenvalue weighted by Crippen LogP contribution is 2.32. The van der Waals surface area contributed by atoms with Crippen LogP contribution in [0.4, 0.5) is 5.82 Å². The summed E-state index contributed by atoms with van der Waals surface area (Å²) in [4.78, 5) is 24.2. The summed E-state index contributed by atoms with van der Waals surface area (Å²) in [7, 11) is 0. The van der Waals surface area contributed by atoms with E-state index in [1.165, 1.54) is 0 Å². The quantitative estimate of drug-likeness (QED) is 0.673. The Balaban J connectivity index is 1.47. The van der Waals surface area contributed by atoms with Gasteiger partial charge >= 0.3 is 5.97 Å². The van der Waals surface area contributed by atoms with Crippen LogP contribution >= 0.6 is 23.4 Å². The van der Waals surface area contributed by atoms with Gasteiger partial charge in [0.2, 0.25) is 5.91 Å². The molecule has 0 saturated carbocycles. The van der Waals surface area contributed by atoms with E-state index in [1.807, 2.05) is 0 Å². The maximum Gasteiger partial charge on any atom is 0.316 e. The number of hydrogen-bond donors (Lipinski definition) is 1. The van der Waals surface area contributed by atoms with E-state index in [-0.39, 0.29) is 25.1 Å². The zero-order valence-corrected chi connectivity index (χ0v) is 16.9. The van der Waals surface area contributed by atoms with Crippen LogP contribution in [-0.2, 0) is 32.3 Å². The van der Waals surface area contributed by atoms with Crippen molar-refractivity contribution in [2.45, 2.75) is 32.3 Å². The van der Waals surface area contributed by atoms with E-state index < -0.39 is 11.2 Å². The van der Waals surface area contributed by atoms with Gasteiger partial charge in [0.1, 0.15) is 18.1 Å². The molecule has 0 aliphatic carbocycles. The van der Waals surface area contributed by atoms with Gasteiger partial charge in [-0.1, -0.05) is 16.8 Å². The Hall–Kier alpha value is -2.23. The summed E-state index contributed by atoms with van der Waals surface area (Å²) < 4.78 is 20.9. The first-order valence-corrected chi connectivity index (χ1v) is 9.88. The summed E-state index contributed by atoms with van der Waals surface area (Å²) >= 11 is 7.25. The number of aromatic nitrogens is 1. The van der Waals surface area contributed by atoms with Gasteiger partial charge in [-0.25, -0.2) is 0 Å². The molecular weight excluding hydrogens is 408 g/mol. The molecule has 150 valence electrons. The van der Waals surface area contributed by atoms with E-state index >= 15 is 0 Å². The number of nitrogens with zero attached hydrogens (tertiary/aromatic N) is 1. The monoisotopic (exact) mass is 426 g/mol. The highest BCUT2D eigenvalue weighted by Gasteiger charge is 2.19. The molecule has 10 heteroatoms. The minimum Gasteiger partial charge on any atom is -0.467 e. The van der Waals surface area contributed by atoms with Gasteiger partial charge in [-0.2, -0.15) is 0 Å². The second-order valence-electron chi connectivity index (χ2n) is 6.09. The minimum atomic E-state index is -0.469. The average molecular weight is 427 g/mol. The molecule has 1 N–H and O–H groups in total. The lowest BCUT2D eigenvalue weighted by atomic mass is 10.1. The van der Waals surface area contributed by atoms with Crippen LogP contribution in [0.2, 0.25) is 5.02 Å². The summed E-state index contributed by atoms with van der Waals surface area (Å²) in [6.07, 6.45) is 0. The Morgan fingerprint density at radius 3 is 2.96 bits per heavy atom. The summed E-state index contributed by atoms with van der Waals surface area (Å²) in [6.45, 7) is 3.99. The standard InChI is InChI=1S/C18H19ClN2O6S/c1-10-3-15(21-27-10)20-18(23)11(2)28-8-16(22)25-7-13-5-14(19)4-12-6-24-9-26-17(12)13/h3-5,11H,6-9H2,1-2H3,(H,20,21,23). The van der Waals surface area contributed by atoms with E-state index in [2.05, 4.69) is 10.5 Å². The molecule has 1 aromatic heterocycles. The average Bonchev–Trinajstić information content (AvgIpc) is 3.08. The van der Waals surface area contributed by atoms with Crippen LogP contribution in [0, 0.1) is 6.92 Å². The molecule has 1 atom stereocenters. The Morgan fingerprint density at radius 1 is 1.39 bits per heavy atom. The molecule has 3 rings (SSSR count). The summed E-state index contributed by atoms with van der Waals surface area (Å²) in [6, 6.07) is 5.07. The van der Waals surface area contributed by atoms with Gasteiger partial charge in [0.25, 0.3) is 0 Å². The van der Waals surface area contributed by atoms with Crippen molar-refractivity contribution in [3.05, 3.63) is 40.1 Å². The number of amides is 1. The van der Waals surface area contributed by atoms with Gasteiger partial charge < -0.3 is 24.1 Å². The van der Waals surface area contributed by atoms with Crippen LogP contribution in [0.25, 0.3) is 0 Å². The SMILES string of the molecule is Cc1cc(NC(=O)C(C)SCC(=O)OCc2cc(Cl)cc3c2OCOC3)no1. The molecule has 0 spiro atoms.